The molecule has 0 bridgehead atoms. The smallest absolute Gasteiger partial charge is 0.363 e. The van der Waals surface area contributed by atoms with Gasteiger partial charge in [0.1, 0.15) is 11.6 Å². The van der Waals surface area contributed by atoms with E-state index >= 15 is 0 Å². The molecule has 3 N–H and O–H groups in total. The van der Waals surface area contributed by atoms with Gasteiger partial charge in [0.2, 0.25) is 0 Å². The van der Waals surface area contributed by atoms with Gasteiger partial charge in [0.05, 0.1) is 13.2 Å². The van der Waals surface area contributed by atoms with Gasteiger partial charge in [-0.15, -0.1) is 0 Å². The summed E-state index contributed by atoms with van der Waals surface area (Å²) < 4.78 is 27.2. The first-order valence-electron chi connectivity index (χ1n) is 7.62. The zero-order valence-electron chi connectivity index (χ0n) is 12.8. The monoisotopic (exact) mass is 353 g/mol. The highest BCUT2D eigenvalue weighted by atomic mass is 32.1. The fourth-order valence-electron chi connectivity index (χ4n) is 3.15. The second kappa shape index (κ2) is 6.72. The summed E-state index contributed by atoms with van der Waals surface area (Å²) in [6, 6.07) is 2.49. The van der Waals surface area contributed by atoms with E-state index < -0.39 is 17.6 Å². The van der Waals surface area contributed by atoms with Crippen molar-refractivity contribution in [1.29, 1.82) is 0 Å². The van der Waals surface area contributed by atoms with E-state index in [1.165, 1.54) is 6.07 Å². The molecule has 1 aliphatic carbocycles. The molecule has 0 saturated heterocycles. The Kier molecular flexibility index (Phi) is 4.66. The summed E-state index contributed by atoms with van der Waals surface area (Å²) in [5.74, 6) is -2.17. The molecule has 3 rings (SSSR count). The Morgan fingerprint density at radius 3 is 3.00 bits per heavy atom. The van der Waals surface area contributed by atoms with Gasteiger partial charge < -0.3 is 20.6 Å². The molecular weight excluding hydrogens is 336 g/mol. The average molecular weight is 353 g/mol. The fraction of sp³-hybridized carbons (Fsp3) is 0.375. The topological polar surface area (TPSA) is 64.6 Å². The highest BCUT2D eigenvalue weighted by molar-refractivity contribution is 7.81. The Labute approximate surface area is 143 Å². The number of hydrogen-bond donors (Lipinski definition) is 3. The van der Waals surface area contributed by atoms with Crippen LogP contribution in [0.5, 0.6) is 0 Å². The van der Waals surface area contributed by atoms with Gasteiger partial charge in [0.15, 0.2) is 4.99 Å². The molecule has 0 aromatic heterocycles. The number of nitrogens with zero attached hydrogens (tertiary/aromatic N) is 1. The summed E-state index contributed by atoms with van der Waals surface area (Å²) in [5.41, 5.74) is 2.16. The molecular formula is C16H17F2N3O2S. The van der Waals surface area contributed by atoms with Crippen LogP contribution in [0.2, 0.25) is 0 Å². The van der Waals surface area contributed by atoms with Crippen LogP contribution in [-0.4, -0.2) is 40.2 Å². The minimum absolute atomic E-state index is 0.148. The lowest BCUT2D eigenvalue weighted by atomic mass is 9.87. The Morgan fingerprint density at radius 2 is 2.25 bits per heavy atom. The zero-order chi connectivity index (χ0) is 17.3. The van der Waals surface area contributed by atoms with Crippen LogP contribution in [0.1, 0.15) is 17.5 Å². The van der Waals surface area contributed by atoms with Crippen molar-refractivity contribution in [3.8, 4) is 0 Å². The molecule has 0 amide bonds. The first kappa shape index (κ1) is 16.6. The summed E-state index contributed by atoms with van der Waals surface area (Å²) in [4.78, 5) is 12.5. The van der Waals surface area contributed by atoms with Gasteiger partial charge >= 0.3 is 5.97 Å². The van der Waals surface area contributed by atoms with Crippen LogP contribution >= 0.6 is 12.2 Å². The minimum atomic E-state index is -1.16. The van der Waals surface area contributed by atoms with Crippen molar-refractivity contribution >= 4 is 23.2 Å². The Hall–Kier alpha value is -2.22. The molecule has 1 atom stereocenters. The molecule has 0 unspecified atom stereocenters. The van der Waals surface area contributed by atoms with Gasteiger partial charge in [-0.05, 0) is 36.5 Å². The molecule has 1 aromatic rings. The maximum absolute atomic E-state index is 13.8. The van der Waals surface area contributed by atoms with Crippen LogP contribution in [0.15, 0.2) is 24.0 Å². The maximum Gasteiger partial charge on any atom is 0.363 e. The van der Waals surface area contributed by atoms with Crippen LogP contribution < -0.4 is 10.6 Å². The molecule has 24 heavy (non-hydrogen) atoms. The third-order valence-electron chi connectivity index (χ3n) is 4.35. The van der Waals surface area contributed by atoms with Gasteiger partial charge in [-0.25, -0.2) is 13.6 Å². The number of thiocarbonyl (C=S) groups is 1. The van der Waals surface area contributed by atoms with Gasteiger partial charge in [-0.1, -0.05) is 12.2 Å². The molecule has 2 aliphatic rings. The molecule has 1 aliphatic heterocycles. The Bertz CT molecular complexity index is 724. The summed E-state index contributed by atoms with van der Waals surface area (Å²) in [6.45, 7) is 0.878. The van der Waals surface area contributed by atoms with Gasteiger partial charge in [0.25, 0.3) is 0 Å². The van der Waals surface area contributed by atoms with Crippen LogP contribution in [0.4, 0.5) is 8.78 Å². The number of nitrogens with one attached hydrogen (secondary N) is 2. The molecule has 0 fully saturated rings. The predicted octanol–water partition coefficient (Wildman–Crippen LogP) is 1.53. The highest BCUT2D eigenvalue weighted by Crippen LogP contribution is 2.28. The van der Waals surface area contributed by atoms with Crippen LogP contribution in [0.25, 0.3) is 0 Å². The molecule has 5 nitrogen and oxygen atoms in total. The lowest BCUT2D eigenvalue weighted by Gasteiger charge is -2.32. The van der Waals surface area contributed by atoms with E-state index in [-0.39, 0.29) is 11.0 Å². The first-order valence-corrected chi connectivity index (χ1v) is 8.03. The van der Waals surface area contributed by atoms with Crippen LogP contribution in [0.3, 0.4) is 0 Å². The van der Waals surface area contributed by atoms with E-state index in [1.807, 2.05) is 6.20 Å². The van der Waals surface area contributed by atoms with Crippen LogP contribution in [-0.2, 0) is 17.6 Å². The number of rotatable bonds is 3. The van der Waals surface area contributed by atoms with Crippen molar-refractivity contribution < 1.29 is 18.7 Å². The number of halogens is 2. The van der Waals surface area contributed by atoms with Crippen molar-refractivity contribution in [2.45, 2.75) is 25.3 Å². The van der Waals surface area contributed by atoms with E-state index in [9.17, 15) is 13.6 Å². The number of hydrogen-bond acceptors (Lipinski definition) is 4. The summed E-state index contributed by atoms with van der Waals surface area (Å²) in [5, 5.41) is 14.6. The molecule has 0 spiro atoms. The third kappa shape index (κ3) is 3.48. The predicted molar refractivity (Wildman–Crippen MR) is 88.3 cm³/mol. The molecule has 1 aromatic carbocycles. The average Bonchev–Trinajstić information content (AvgIpc) is 3.00. The minimum Gasteiger partial charge on any atom is -0.476 e. The van der Waals surface area contributed by atoms with E-state index in [0.717, 1.165) is 23.7 Å². The first-order chi connectivity index (χ1) is 11.4. The largest absolute Gasteiger partial charge is 0.476 e. The van der Waals surface area contributed by atoms with Gasteiger partial charge in [-0.3, -0.25) is 0 Å². The van der Waals surface area contributed by atoms with E-state index in [2.05, 4.69) is 27.8 Å². The van der Waals surface area contributed by atoms with E-state index in [1.54, 1.807) is 0 Å². The van der Waals surface area contributed by atoms with Gasteiger partial charge in [-0.2, -0.15) is 0 Å². The third-order valence-corrected chi connectivity index (χ3v) is 4.67. The number of carboxylic acid groups (broad SMARTS) is 1. The maximum atomic E-state index is 13.8. The Morgan fingerprint density at radius 1 is 1.46 bits per heavy atom. The SMILES string of the molecule is O=C(O)C(=S)NCC1=CN([C@H]2CCc3c(F)cc(F)cc3C2)CN1. The molecule has 8 heteroatoms. The van der Waals surface area contributed by atoms with Crippen molar-refractivity contribution in [3.63, 3.8) is 0 Å². The lowest BCUT2D eigenvalue weighted by Crippen LogP contribution is -2.37. The standard InChI is InChI=1S/C16H17F2N3O2S/c17-10-3-9-4-12(1-2-13(9)14(18)5-10)21-7-11(20-8-21)6-19-15(24)16(22)23/h3,5,7,12,20H,1-2,4,6,8H2,(H,19,24)(H,22,23)/t12-/m0/s1. The summed E-state index contributed by atoms with van der Waals surface area (Å²) >= 11 is 4.68. The fourth-order valence-corrected chi connectivity index (χ4v) is 3.22. The summed E-state index contributed by atoms with van der Waals surface area (Å²) in [6.07, 6.45) is 3.84. The normalized spacial score (nSPS) is 19.3. The van der Waals surface area contributed by atoms with E-state index in [4.69, 9.17) is 5.11 Å². The molecule has 0 radical (unpaired) electrons. The number of carbonyl (C=O) groups is 1. The van der Waals surface area contributed by atoms with Gasteiger partial charge in [0, 0.05) is 24.0 Å². The molecule has 1 heterocycles. The quantitative estimate of drug-likeness (QED) is 0.717. The molecule has 0 saturated carbocycles. The molecule has 128 valence electrons. The highest BCUT2D eigenvalue weighted by Gasteiger charge is 2.27. The van der Waals surface area contributed by atoms with Crippen molar-refractivity contribution in [3.05, 3.63) is 46.8 Å². The number of benzene rings is 1. The second-order valence-corrected chi connectivity index (χ2v) is 6.32. The zero-order valence-corrected chi connectivity index (χ0v) is 13.6. The number of aliphatic carboxylic acids is 1. The van der Waals surface area contributed by atoms with Crippen molar-refractivity contribution in [2.75, 3.05) is 13.2 Å². The van der Waals surface area contributed by atoms with E-state index in [0.29, 0.717) is 31.6 Å². The lowest BCUT2D eigenvalue weighted by molar-refractivity contribution is -0.129. The Balaban J connectivity index is 1.64. The number of carboxylic acids is 1. The second-order valence-electron chi connectivity index (χ2n) is 5.91. The van der Waals surface area contributed by atoms with Crippen molar-refractivity contribution in [2.24, 2.45) is 0 Å². The van der Waals surface area contributed by atoms with Crippen molar-refractivity contribution in [1.82, 2.24) is 15.5 Å². The van der Waals surface area contributed by atoms with Crippen LogP contribution in [0, 0.1) is 11.6 Å². The number of fused-ring (bicyclic) bond motifs is 1. The summed E-state index contributed by atoms with van der Waals surface area (Å²) in [7, 11) is 0.